The van der Waals surface area contributed by atoms with Crippen molar-refractivity contribution in [3.63, 3.8) is 0 Å². The molecule has 1 atom stereocenters. The molecule has 0 spiro atoms. The highest BCUT2D eigenvalue weighted by Gasteiger charge is 2.28. The second-order valence-corrected chi connectivity index (χ2v) is 6.41. The molecule has 0 saturated carbocycles. The van der Waals surface area contributed by atoms with Crippen molar-refractivity contribution in [2.75, 3.05) is 39.8 Å². The van der Waals surface area contributed by atoms with E-state index in [1.54, 1.807) is 38.6 Å². The standard InChI is InChI=1S/C17H25N5O3.HI/c1-17(23,15-4-3-10-24-15)13-19-16(18-2)22-8-6-21(7-9-22)12-14-5-11-25-20-14;/h3-5,10-11,23H,6-9,12-13H2,1-2H3,(H,18,19);1H. The van der Waals surface area contributed by atoms with Gasteiger partial charge in [0.15, 0.2) is 5.96 Å². The second-order valence-electron chi connectivity index (χ2n) is 6.41. The molecule has 1 fully saturated rings. The summed E-state index contributed by atoms with van der Waals surface area (Å²) in [6.45, 7) is 6.41. The Kier molecular flexibility index (Phi) is 7.47. The van der Waals surface area contributed by atoms with Gasteiger partial charge in [-0.25, -0.2) is 0 Å². The van der Waals surface area contributed by atoms with Crippen LogP contribution < -0.4 is 5.32 Å². The fourth-order valence-corrected chi connectivity index (χ4v) is 2.92. The van der Waals surface area contributed by atoms with Crippen molar-refractivity contribution in [3.8, 4) is 0 Å². The number of nitrogens with one attached hydrogen (secondary N) is 1. The minimum atomic E-state index is -1.09. The molecule has 0 bridgehead atoms. The molecule has 2 aromatic heterocycles. The first-order chi connectivity index (χ1) is 12.1. The maximum atomic E-state index is 10.5. The summed E-state index contributed by atoms with van der Waals surface area (Å²) in [6, 6.07) is 5.43. The van der Waals surface area contributed by atoms with Crippen LogP contribution >= 0.6 is 24.0 Å². The maximum Gasteiger partial charge on any atom is 0.193 e. The minimum Gasteiger partial charge on any atom is -0.466 e. The van der Waals surface area contributed by atoms with Crippen molar-refractivity contribution in [1.82, 2.24) is 20.3 Å². The first kappa shape index (κ1) is 20.7. The largest absolute Gasteiger partial charge is 0.466 e. The molecule has 2 N–H and O–H groups in total. The SMILES string of the molecule is CN=C(NCC(C)(O)c1ccco1)N1CCN(Cc2ccon2)CC1.I. The van der Waals surface area contributed by atoms with Crippen molar-refractivity contribution in [2.45, 2.75) is 19.1 Å². The highest BCUT2D eigenvalue weighted by Crippen LogP contribution is 2.20. The van der Waals surface area contributed by atoms with Gasteiger partial charge in [-0.2, -0.15) is 0 Å². The number of hydrogen-bond donors (Lipinski definition) is 2. The van der Waals surface area contributed by atoms with Gasteiger partial charge in [0.05, 0.1) is 18.5 Å². The number of hydrogen-bond acceptors (Lipinski definition) is 6. The summed E-state index contributed by atoms with van der Waals surface area (Å²) in [7, 11) is 1.76. The zero-order valence-corrected chi connectivity index (χ0v) is 17.4. The first-order valence-corrected chi connectivity index (χ1v) is 8.42. The lowest BCUT2D eigenvalue weighted by Gasteiger charge is -2.36. The van der Waals surface area contributed by atoms with Gasteiger partial charge in [-0.05, 0) is 19.1 Å². The van der Waals surface area contributed by atoms with E-state index in [0.717, 1.165) is 44.4 Å². The van der Waals surface area contributed by atoms with Gasteiger partial charge in [0.25, 0.3) is 0 Å². The fraction of sp³-hybridized carbons (Fsp3) is 0.529. The number of furan rings is 1. The van der Waals surface area contributed by atoms with Crippen LogP contribution in [0.25, 0.3) is 0 Å². The van der Waals surface area contributed by atoms with E-state index < -0.39 is 5.60 Å². The number of piperazine rings is 1. The van der Waals surface area contributed by atoms with E-state index in [1.165, 1.54) is 0 Å². The Morgan fingerprint density at radius 1 is 1.31 bits per heavy atom. The van der Waals surface area contributed by atoms with Gasteiger partial charge in [-0.15, -0.1) is 24.0 Å². The number of halogens is 1. The van der Waals surface area contributed by atoms with Gasteiger partial charge in [0, 0.05) is 45.8 Å². The Morgan fingerprint density at radius 3 is 2.65 bits per heavy atom. The molecule has 0 radical (unpaired) electrons. The summed E-state index contributed by atoms with van der Waals surface area (Å²) in [5, 5.41) is 17.8. The molecule has 8 nitrogen and oxygen atoms in total. The van der Waals surface area contributed by atoms with Crippen LogP contribution in [0.1, 0.15) is 18.4 Å². The predicted octanol–water partition coefficient (Wildman–Crippen LogP) is 1.49. The molecule has 1 saturated heterocycles. The molecular formula is C17H26IN5O3. The highest BCUT2D eigenvalue weighted by molar-refractivity contribution is 14.0. The van der Waals surface area contributed by atoms with Gasteiger partial charge < -0.3 is 24.3 Å². The average molecular weight is 475 g/mol. The monoisotopic (exact) mass is 475 g/mol. The summed E-state index contributed by atoms with van der Waals surface area (Å²) in [5.74, 6) is 1.32. The number of nitrogens with zero attached hydrogens (tertiary/aromatic N) is 4. The van der Waals surface area contributed by atoms with Crippen LogP contribution in [0.4, 0.5) is 0 Å². The molecule has 144 valence electrons. The van der Waals surface area contributed by atoms with Gasteiger partial charge in [0.1, 0.15) is 17.6 Å². The van der Waals surface area contributed by atoms with Crippen LogP contribution in [-0.2, 0) is 12.1 Å². The molecule has 0 aliphatic carbocycles. The summed E-state index contributed by atoms with van der Waals surface area (Å²) < 4.78 is 10.2. The third kappa shape index (κ3) is 5.21. The number of aliphatic hydroxyl groups is 1. The smallest absolute Gasteiger partial charge is 0.193 e. The Morgan fingerprint density at radius 2 is 2.08 bits per heavy atom. The van der Waals surface area contributed by atoms with E-state index >= 15 is 0 Å². The Hall–Kier alpha value is -1.59. The molecule has 9 heteroatoms. The lowest BCUT2D eigenvalue weighted by Crippen LogP contribution is -2.53. The number of aliphatic imine (C=N–C) groups is 1. The lowest BCUT2D eigenvalue weighted by molar-refractivity contribution is 0.0376. The third-order valence-corrected chi connectivity index (χ3v) is 4.40. The zero-order valence-electron chi connectivity index (χ0n) is 15.1. The van der Waals surface area contributed by atoms with Crippen molar-refractivity contribution in [1.29, 1.82) is 0 Å². The van der Waals surface area contributed by atoms with Crippen LogP contribution in [0.15, 0.2) is 44.7 Å². The Labute approximate surface area is 170 Å². The molecule has 26 heavy (non-hydrogen) atoms. The average Bonchev–Trinajstić information content (AvgIpc) is 3.30. The lowest BCUT2D eigenvalue weighted by atomic mass is 10.0. The van der Waals surface area contributed by atoms with E-state index in [4.69, 9.17) is 8.94 Å². The number of aromatic nitrogens is 1. The molecule has 0 amide bonds. The minimum absolute atomic E-state index is 0. The van der Waals surface area contributed by atoms with Gasteiger partial charge in [-0.1, -0.05) is 5.16 Å². The molecule has 3 heterocycles. The summed E-state index contributed by atoms with van der Waals surface area (Å²) in [6.07, 6.45) is 3.16. The molecular weight excluding hydrogens is 449 g/mol. The van der Waals surface area contributed by atoms with Gasteiger partial charge in [-0.3, -0.25) is 9.89 Å². The van der Waals surface area contributed by atoms with E-state index in [0.29, 0.717) is 12.3 Å². The van der Waals surface area contributed by atoms with Crippen LogP contribution in [0.3, 0.4) is 0 Å². The third-order valence-electron chi connectivity index (χ3n) is 4.40. The number of rotatable bonds is 5. The topological polar surface area (TPSA) is 90.3 Å². The molecule has 2 aromatic rings. The summed E-state index contributed by atoms with van der Waals surface area (Å²) in [5.41, 5.74) is -0.140. The molecule has 1 aliphatic heterocycles. The molecule has 3 rings (SSSR count). The zero-order chi connectivity index (χ0) is 17.7. The van der Waals surface area contributed by atoms with Crippen molar-refractivity contribution >= 4 is 29.9 Å². The van der Waals surface area contributed by atoms with E-state index in [-0.39, 0.29) is 24.0 Å². The molecule has 0 aromatic carbocycles. The van der Waals surface area contributed by atoms with E-state index in [1.807, 2.05) is 6.07 Å². The van der Waals surface area contributed by atoms with Gasteiger partial charge >= 0.3 is 0 Å². The maximum absolute atomic E-state index is 10.5. The summed E-state index contributed by atoms with van der Waals surface area (Å²) in [4.78, 5) is 8.87. The van der Waals surface area contributed by atoms with E-state index in [9.17, 15) is 5.11 Å². The van der Waals surface area contributed by atoms with Crippen LogP contribution in [0.2, 0.25) is 0 Å². The van der Waals surface area contributed by atoms with Crippen LogP contribution in [-0.4, -0.2) is 65.8 Å². The predicted molar refractivity (Wildman–Crippen MR) is 108 cm³/mol. The van der Waals surface area contributed by atoms with Crippen molar-refractivity contribution < 1.29 is 14.0 Å². The van der Waals surface area contributed by atoms with Crippen molar-refractivity contribution in [3.05, 3.63) is 42.2 Å². The molecule has 1 unspecified atom stereocenters. The van der Waals surface area contributed by atoms with Gasteiger partial charge in [0.2, 0.25) is 0 Å². The Balaban J connectivity index is 0.00000243. The molecule has 1 aliphatic rings. The number of guanidine groups is 1. The fourth-order valence-electron chi connectivity index (χ4n) is 2.92. The van der Waals surface area contributed by atoms with E-state index in [2.05, 4.69) is 25.3 Å². The van der Waals surface area contributed by atoms with Crippen LogP contribution in [0.5, 0.6) is 0 Å². The van der Waals surface area contributed by atoms with Crippen LogP contribution in [0, 0.1) is 0 Å². The van der Waals surface area contributed by atoms with Crippen molar-refractivity contribution in [2.24, 2.45) is 4.99 Å². The Bertz CT molecular complexity index is 665. The summed E-state index contributed by atoms with van der Waals surface area (Å²) >= 11 is 0. The second kappa shape index (κ2) is 9.38. The first-order valence-electron chi connectivity index (χ1n) is 8.42. The normalized spacial score (nSPS) is 18.3. The highest BCUT2D eigenvalue weighted by atomic mass is 127. The quantitative estimate of drug-likeness (QED) is 0.385.